The molecule has 0 radical (unpaired) electrons. The van der Waals surface area contributed by atoms with Gasteiger partial charge in [-0.15, -0.1) is 0 Å². The molecule has 13 nitrogen and oxygen atoms in total. The van der Waals surface area contributed by atoms with Crippen LogP contribution in [0, 0.1) is 30.6 Å². The zero-order valence-corrected chi connectivity index (χ0v) is 10.8. The highest BCUT2D eigenvalue weighted by molar-refractivity contribution is 7.86. The predicted molar refractivity (Wildman–Crippen MR) is 61.6 cm³/mol. The first-order valence-electron chi connectivity index (χ1n) is 4.77. The van der Waals surface area contributed by atoms with Crippen molar-refractivity contribution in [3.8, 4) is 0 Å². The zero-order valence-electron chi connectivity index (χ0n) is 9.99. The molecule has 116 valence electrons. The molecule has 1 unspecified atom stereocenters. The lowest BCUT2D eigenvalue weighted by Gasteiger charge is -2.21. The van der Waals surface area contributed by atoms with Crippen molar-refractivity contribution in [2.45, 2.75) is 5.25 Å². The third-order valence-electron chi connectivity index (χ3n) is 2.36. The maximum Gasteiger partial charge on any atom is 0.322 e. The number of hydrogen-bond donors (Lipinski definition) is 0. The van der Waals surface area contributed by atoms with Gasteiger partial charge in [0.2, 0.25) is 5.25 Å². The molecule has 0 bridgehead atoms. The van der Waals surface area contributed by atoms with Crippen LogP contribution in [0.3, 0.4) is 0 Å². The normalized spacial score (nSPS) is 19.0. The Morgan fingerprint density at radius 2 is 1.67 bits per heavy atom. The van der Waals surface area contributed by atoms with Crippen molar-refractivity contribution in [1.82, 2.24) is 0 Å². The number of nitro groups is 2. The van der Waals surface area contributed by atoms with Crippen LogP contribution in [-0.2, 0) is 14.9 Å². The number of ether oxygens (including phenoxy) is 1. The molecule has 1 aliphatic rings. The molecular weight excluding hydrogens is 318 g/mol. The quantitative estimate of drug-likeness (QED) is 0.257. The van der Waals surface area contributed by atoms with Crippen LogP contribution in [-0.4, -0.2) is 45.8 Å². The van der Waals surface area contributed by atoms with Crippen LogP contribution < -0.4 is 0 Å². The number of methoxy groups -OCH3 is 1. The number of hydrogen-bond acceptors (Lipinski definition) is 10. The van der Waals surface area contributed by atoms with Crippen LogP contribution >= 0.6 is 0 Å². The summed E-state index contributed by atoms with van der Waals surface area (Å²) in [6.07, 6.45) is 0.145. The highest BCUT2D eigenvalue weighted by Gasteiger charge is 2.51. The van der Waals surface area contributed by atoms with Gasteiger partial charge in [0, 0.05) is 0 Å². The lowest BCUT2D eigenvalue weighted by molar-refractivity contribution is -0.452. The second-order valence-corrected chi connectivity index (χ2v) is 4.97. The molecule has 0 saturated heterocycles. The Balaban J connectivity index is 3.87. The Labute approximate surface area is 115 Å². The van der Waals surface area contributed by atoms with Crippen LogP contribution in [0.25, 0.3) is 0 Å². The SMILES string of the molecule is COC1=C([N+](=O)[O-])C(S(=O)(=O)[O-])C([N+](=O)[O-])=CC1=[N+]([O-])[O-]. The van der Waals surface area contributed by atoms with Gasteiger partial charge in [0.25, 0.3) is 17.2 Å². The van der Waals surface area contributed by atoms with Gasteiger partial charge in [-0.05, 0) is 0 Å². The predicted octanol–water partition coefficient (Wildman–Crippen LogP) is -1.34. The maximum absolute atomic E-state index is 11.1. The molecule has 0 aromatic rings. The first-order valence-corrected chi connectivity index (χ1v) is 6.24. The first kappa shape index (κ1) is 16.3. The fraction of sp³-hybridized carbons (Fsp3) is 0.286. The van der Waals surface area contributed by atoms with Crippen LogP contribution in [0.5, 0.6) is 0 Å². The van der Waals surface area contributed by atoms with E-state index in [1.165, 1.54) is 0 Å². The Morgan fingerprint density at radius 3 is 1.95 bits per heavy atom. The number of nitrogens with zero attached hydrogens (tertiary/aromatic N) is 3. The fourth-order valence-electron chi connectivity index (χ4n) is 1.63. The number of rotatable bonds is 4. The molecule has 21 heavy (non-hydrogen) atoms. The summed E-state index contributed by atoms with van der Waals surface area (Å²) in [6, 6.07) is 0. The van der Waals surface area contributed by atoms with E-state index in [-0.39, 0.29) is 6.08 Å². The Kier molecular flexibility index (Phi) is 4.14. The zero-order chi connectivity index (χ0) is 16.5. The van der Waals surface area contributed by atoms with Crippen LogP contribution in [0.1, 0.15) is 0 Å². The van der Waals surface area contributed by atoms with Crippen molar-refractivity contribution in [1.29, 1.82) is 0 Å². The molecule has 0 heterocycles. The molecule has 0 amide bonds. The van der Waals surface area contributed by atoms with Gasteiger partial charge in [-0.2, -0.15) is 4.90 Å². The molecular formula is C7H5N3O10S-2. The third-order valence-corrected chi connectivity index (χ3v) is 3.41. The molecule has 0 aromatic heterocycles. The minimum atomic E-state index is -5.58. The van der Waals surface area contributed by atoms with E-state index in [0.717, 1.165) is 7.11 Å². The Morgan fingerprint density at radius 1 is 1.14 bits per heavy atom. The molecule has 0 spiro atoms. The lowest BCUT2D eigenvalue weighted by atomic mass is 10.0. The molecule has 1 aliphatic carbocycles. The topological polar surface area (TPSA) is 202 Å². The van der Waals surface area contributed by atoms with Gasteiger partial charge in [0.05, 0.1) is 23.0 Å². The summed E-state index contributed by atoms with van der Waals surface area (Å²) in [4.78, 5) is 17.6. The van der Waals surface area contributed by atoms with Crippen molar-refractivity contribution in [3.63, 3.8) is 0 Å². The summed E-state index contributed by atoms with van der Waals surface area (Å²) in [5.74, 6) is -1.14. The van der Waals surface area contributed by atoms with Crippen molar-refractivity contribution in [2.75, 3.05) is 7.11 Å². The van der Waals surface area contributed by atoms with E-state index in [2.05, 4.69) is 4.74 Å². The first-order chi connectivity index (χ1) is 9.52. The average Bonchev–Trinajstić information content (AvgIpc) is 2.34. The van der Waals surface area contributed by atoms with E-state index in [9.17, 15) is 43.6 Å². The fourth-order valence-corrected chi connectivity index (χ4v) is 2.54. The minimum Gasteiger partial charge on any atom is -0.747 e. The second-order valence-electron chi connectivity index (χ2n) is 3.52. The molecule has 0 aliphatic heterocycles. The average molecular weight is 323 g/mol. The smallest absolute Gasteiger partial charge is 0.322 e. The van der Waals surface area contributed by atoms with Gasteiger partial charge in [-0.25, -0.2) is 8.42 Å². The van der Waals surface area contributed by atoms with Crippen LogP contribution in [0.15, 0.2) is 23.2 Å². The van der Waals surface area contributed by atoms with Gasteiger partial charge in [-0.3, -0.25) is 20.2 Å². The van der Waals surface area contributed by atoms with Gasteiger partial charge < -0.3 is 19.7 Å². The monoisotopic (exact) mass is 323 g/mol. The van der Waals surface area contributed by atoms with E-state index in [1.807, 2.05) is 0 Å². The van der Waals surface area contributed by atoms with E-state index in [4.69, 9.17) is 0 Å². The maximum atomic E-state index is 11.1. The van der Waals surface area contributed by atoms with Gasteiger partial charge in [-0.1, -0.05) is 0 Å². The molecule has 0 saturated carbocycles. The van der Waals surface area contributed by atoms with Crippen molar-refractivity contribution in [3.05, 3.63) is 53.9 Å². The minimum absolute atomic E-state index is 0.145. The van der Waals surface area contributed by atoms with Crippen molar-refractivity contribution >= 4 is 15.8 Å². The lowest BCUT2D eigenvalue weighted by Crippen LogP contribution is -2.38. The van der Waals surface area contributed by atoms with Crippen LogP contribution in [0.2, 0.25) is 0 Å². The molecule has 14 heteroatoms. The molecule has 1 rings (SSSR count). The highest BCUT2D eigenvalue weighted by atomic mass is 32.2. The third kappa shape index (κ3) is 2.90. The standard InChI is InChI=1S/C7H6N3O10S/c1-20-6-3(8(11)12)2-4(9(13)14)7(21(17,18)19)5(6)10(15)16/h2,7H,1H3,(H-,11,12,17,18,19)/q-1/p-1. The van der Waals surface area contributed by atoms with Gasteiger partial charge >= 0.3 is 5.70 Å². The summed E-state index contributed by atoms with van der Waals surface area (Å²) in [6.45, 7) is 0. The molecule has 1 atom stereocenters. The van der Waals surface area contributed by atoms with E-state index in [0.29, 0.717) is 0 Å². The summed E-state index contributed by atoms with van der Waals surface area (Å²) < 4.78 is 37.6. The second kappa shape index (κ2) is 5.33. The van der Waals surface area contributed by atoms with Gasteiger partial charge in [0.15, 0.2) is 0 Å². The number of allylic oxidation sites excluding steroid dienone is 1. The summed E-state index contributed by atoms with van der Waals surface area (Å²) in [5.41, 5.74) is -4.27. The van der Waals surface area contributed by atoms with E-state index >= 15 is 0 Å². The van der Waals surface area contributed by atoms with E-state index < -0.39 is 53.0 Å². The Hall–Kier alpha value is -2.74. The summed E-state index contributed by atoms with van der Waals surface area (Å²) in [5, 5.41) is 40.3. The van der Waals surface area contributed by atoms with Gasteiger partial charge in [0.1, 0.15) is 10.1 Å². The van der Waals surface area contributed by atoms with Crippen molar-refractivity contribution < 1.29 is 32.5 Å². The Bertz CT molecular complexity index is 698. The van der Waals surface area contributed by atoms with Crippen LogP contribution in [0.4, 0.5) is 0 Å². The molecule has 0 fully saturated rings. The summed E-state index contributed by atoms with van der Waals surface area (Å²) >= 11 is 0. The molecule has 0 aromatic carbocycles. The largest absolute Gasteiger partial charge is 0.747 e. The molecule has 0 N–H and O–H groups in total. The van der Waals surface area contributed by atoms with Crippen molar-refractivity contribution in [2.24, 2.45) is 0 Å². The summed E-state index contributed by atoms with van der Waals surface area (Å²) in [7, 11) is -4.83. The highest BCUT2D eigenvalue weighted by Crippen LogP contribution is 2.29. The van der Waals surface area contributed by atoms with E-state index in [1.54, 1.807) is 0 Å².